The minimum atomic E-state index is -1.96. The number of halogens is 3. The van der Waals surface area contributed by atoms with E-state index in [9.17, 15) is 22.8 Å². The number of Topliss-reactive ketones (excluding diaryl/α,β-unsaturated/α-hetero) is 2. The molecule has 7 heteroatoms. The lowest BCUT2D eigenvalue weighted by molar-refractivity contribution is 0.0576. The summed E-state index contributed by atoms with van der Waals surface area (Å²) in [5.74, 6) is -1.42. The van der Waals surface area contributed by atoms with Crippen LogP contribution in [0.2, 0.25) is 0 Å². The molecular weight excluding hydrogens is 501 g/mol. The lowest BCUT2D eigenvalue weighted by Gasteiger charge is -2.31. The molecular formula is C32H45F3N2O2. The molecule has 1 aliphatic heterocycles. The molecule has 1 saturated heterocycles. The second-order valence-corrected chi connectivity index (χ2v) is 10.8. The van der Waals surface area contributed by atoms with Crippen molar-refractivity contribution in [3.63, 3.8) is 0 Å². The van der Waals surface area contributed by atoms with Gasteiger partial charge in [0, 0.05) is 24.2 Å². The van der Waals surface area contributed by atoms with E-state index in [1.165, 1.54) is 44.5 Å². The van der Waals surface area contributed by atoms with Crippen molar-refractivity contribution in [3.8, 4) is 0 Å². The van der Waals surface area contributed by atoms with Gasteiger partial charge in [-0.05, 0) is 95.5 Å². The number of hydrogen-bond acceptors (Lipinski definition) is 4. The molecule has 0 aromatic heterocycles. The first-order chi connectivity index (χ1) is 18.4. The van der Waals surface area contributed by atoms with Crippen molar-refractivity contribution in [1.82, 2.24) is 9.80 Å². The number of aryl methyl sites for hydroxylation is 1. The molecule has 0 radical (unpaired) electrons. The SMILES string of the molecule is CCCN(CC)CC(C)(F)C(=O)c1ccc(F)cc1.CCc1ccc(C(=O)C(C)(F)CN2CCCCC2)cc1. The van der Waals surface area contributed by atoms with Gasteiger partial charge in [-0.25, -0.2) is 13.2 Å². The van der Waals surface area contributed by atoms with E-state index >= 15 is 0 Å². The molecule has 0 amide bonds. The molecule has 2 unspecified atom stereocenters. The number of alkyl halides is 2. The maximum absolute atomic E-state index is 14.7. The molecule has 0 N–H and O–H groups in total. The van der Waals surface area contributed by atoms with Crippen molar-refractivity contribution >= 4 is 11.6 Å². The molecule has 0 aliphatic carbocycles. The minimum Gasteiger partial charge on any atom is -0.300 e. The third-order valence-corrected chi connectivity index (χ3v) is 7.15. The van der Waals surface area contributed by atoms with Crippen LogP contribution in [-0.2, 0) is 6.42 Å². The largest absolute Gasteiger partial charge is 0.300 e. The fourth-order valence-electron chi connectivity index (χ4n) is 4.86. The number of nitrogens with zero attached hydrogens (tertiary/aromatic N) is 2. The maximum Gasteiger partial charge on any atom is 0.201 e. The number of ketones is 2. The second kappa shape index (κ2) is 15.3. The van der Waals surface area contributed by atoms with Crippen molar-refractivity contribution in [2.75, 3.05) is 39.3 Å². The highest BCUT2D eigenvalue weighted by atomic mass is 19.1. The first kappa shape index (κ1) is 32.7. The number of benzene rings is 2. The number of hydrogen-bond donors (Lipinski definition) is 0. The van der Waals surface area contributed by atoms with Crippen molar-refractivity contribution in [1.29, 1.82) is 0 Å². The highest BCUT2D eigenvalue weighted by molar-refractivity contribution is 6.02. The molecule has 2 atom stereocenters. The Kier molecular flexibility index (Phi) is 12.8. The number of carbonyl (C=O) groups is 2. The van der Waals surface area contributed by atoms with E-state index in [-0.39, 0.29) is 18.7 Å². The van der Waals surface area contributed by atoms with E-state index in [1.54, 1.807) is 12.1 Å². The minimum absolute atomic E-state index is 0.0630. The third kappa shape index (κ3) is 10.2. The topological polar surface area (TPSA) is 40.6 Å². The van der Waals surface area contributed by atoms with Gasteiger partial charge in [0.05, 0.1) is 0 Å². The highest BCUT2D eigenvalue weighted by Gasteiger charge is 2.36. The molecule has 2 aromatic rings. The molecule has 1 fully saturated rings. The summed E-state index contributed by atoms with van der Waals surface area (Å²) < 4.78 is 42.1. The van der Waals surface area contributed by atoms with E-state index in [0.29, 0.717) is 12.1 Å². The van der Waals surface area contributed by atoms with Gasteiger partial charge in [-0.15, -0.1) is 0 Å². The van der Waals surface area contributed by atoms with E-state index < -0.39 is 28.7 Å². The summed E-state index contributed by atoms with van der Waals surface area (Å²) >= 11 is 0. The Morgan fingerprint density at radius 1 is 0.821 bits per heavy atom. The van der Waals surface area contributed by atoms with Gasteiger partial charge in [-0.1, -0.05) is 51.5 Å². The third-order valence-electron chi connectivity index (χ3n) is 7.15. The Morgan fingerprint density at radius 2 is 1.33 bits per heavy atom. The van der Waals surface area contributed by atoms with Crippen LogP contribution in [0.25, 0.3) is 0 Å². The molecule has 0 saturated carbocycles. The summed E-state index contributed by atoms with van der Waals surface area (Å²) in [4.78, 5) is 28.4. The van der Waals surface area contributed by atoms with Crippen molar-refractivity contribution in [3.05, 3.63) is 71.0 Å². The predicted octanol–water partition coefficient (Wildman–Crippen LogP) is 7.11. The summed E-state index contributed by atoms with van der Waals surface area (Å²) in [6.07, 6.45) is 5.26. The number of carbonyl (C=O) groups excluding carboxylic acids is 2. The Hall–Kier alpha value is -2.51. The van der Waals surface area contributed by atoms with Crippen LogP contribution in [0.3, 0.4) is 0 Å². The van der Waals surface area contributed by atoms with Crippen LogP contribution in [0.15, 0.2) is 48.5 Å². The summed E-state index contributed by atoms with van der Waals surface area (Å²) in [6.45, 7) is 12.3. The molecule has 4 nitrogen and oxygen atoms in total. The van der Waals surface area contributed by atoms with Crippen LogP contribution in [0.4, 0.5) is 13.2 Å². The van der Waals surface area contributed by atoms with Gasteiger partial charge in [0.25, 0.3) is 0 Å². The van der Waals surface area contributed by atoms with E-state index in [2.05, 4.69) is 11.8 Å². The molecule has 216 valence electrons. The smallest absolute Gasteiger partial charge is 0.201 e. The monoisotopic (exact) mass is 546 g/mol. The fraction of sp³-hybridized carbons (Fsp3) is 0.562. The zero-order valence-electron chi connectivity index (χ0n) is 24.2. The van der Waals surface area contributed by atoms with Gasteiger partial charge in [-0.3, -0.25) is 19.4 Å². The summed E-state index contributed by atoms with van der Waals surface area (Å²) in [5, 5.41) is 0. The van der Waals surface area contributed by atoms with Crippen LogP contribution in [-0.4, -0.2) is 72.0 Å². The first-order valence-electron chi connectivity index (χ1n) is 14.2. The lowest BCUT2D eigenvalue weighted by Crippen LogP contribution is -2.45. The quantitative estimate of drug-likeness (QED) is 0.266. The van der Waals surface area contributed by atoms with Gasteiger partial charge >= 0.3 is 0 Å². The first-order valence-corrected chi connectivity index (χ1v) is 14.2. The van der Waals surface area contributed by atoms with Gasteiger partial charge in [0.2, 0.25) is 11.6 Å². The van der Waals surface area contributed by atoms with Crippen LogP contribution in [0, 0.1) is 5.82 Å². The molecule has 2 aromatic carbocycles. The van der Waals surface area contributed by atoms with E-state index in [4.69, 9.17) is 0 Å². The molecule has 39 heavy (non-hydrogen) atoms. The second-order valence-electron chi connectivity index (χ2n) is 10.8. The Labute approximate surface area is 232 Å². The maximum atomic E-state index is 14.7. The Morgan fingerprint density at radius 3 is 1.82 bits per heavy atom. The van der Waals surface area contributed by atoms with Gasteiger partial charge in [0.1, 0.15) is 5.82 Å². The van der Waals surface area contributed by atoms with Crippen LogP contribution in [0.1, 0.15) is 86.6 Å². The number of rotatable bonds is 12. The van der Waals surface area contributed by atoms with Gasteiger partial charge in [0.15, 0.2) is 11.3 Å². The Bertz CT molecular complexity index is 1030. The molecule has 3 rings (SSSR count). The molecule has 1 heterocycles. The van der Waals surface area contributed by atoms with Crippen molar-refractivity contribution in [2.45, 2.75) is 78.1 Å². The van der Waals surface area contributed by atoms with Crippen LogP contribution < -0.4 is 0 Å². The van der Waals surface area contributed by atoms with E-state index in [0.717, 1.165) is 50.9 Å². The fourth-order valence-corrected chi connectivity index (χ4v) is 4.86. The van der Waals surface area contributed by atoms with Gasteiger partial charge in [-0.2, -0.15) is 0 Å². The predicted molar refractivity (Wildman–Crippen MR) is 153 cm³/mol. The summed E-state index contributed by atoms with van der Waals surface area (Å²) in [6, 6.07) is 12.3. The molecule has 0 spiro atoms. The molecule has 0 bridgehead atoms. The lowest BCUT2D eigenvalue weighted by atomic mass is 9.94. The zero-order chi connectivity index (χ0) is 29.1. The van der Waals surface area contributed by atoms with E-state index in [1.807, 2.05) is 30.9 Å². The summed E-state index contributed by atoms with van der Waals surface area (Å²) in [5.41, 5.74) is -1.91. The summed E-state index contributed by atoms with van der Waals surface area (Å²) in [7, 11) is 0. The standard InChI is InChI=1S/C17H24FNO.C15H21F2NO/c1-3-14-7-9-15(10-8-14)16(20)17(2,18)13-19-11-5-4-6-12-19;1-4-10-18(5-2)11-15(3,17)14(19)12-6-8-13(16)9-7-12/h7-10H,3-6,11-13H2,1-2H3;6-9H,4-5,10-11H2,1-3H3. The van der Waals surface area contributed by atoms with Crippen LogP contribution >= 0.6 is 0 Å². The Balaban J connectivity index is 0.000000274. The van der Waals surface area contributed by atoms with Crippen molar-refractivity contribution < 1.29 is 22.8 Å². The average molecular weight is 547 g/mol. The highest BCUT2D eigenvalue weighted by Crippen LogP contribution is 2.22. The number of piperidine rings is 1. The number of likely N-dealkylation sites (tertiary alicyclic amines) is 1. The van der Waals surface area contributed by atoms with Gasteiger partial charge < -0.3 is 0 Å². The van der Waals surface area contributed by atoms with Crippen LogP contribution in [0.5, 0.6) is 0 Å². The zero-order valence-corrected chi connectivity index (χ0v) is 24.2. The average Bonchev–Trinajstić information content (AvgIpc) is 2.93. The molecule has 1 aliphatic rings. The van der Waals surface area contributed by atoms with Crippen molar-refractivity contribution in [2.24, 2.45) is 0 Å². The normalized spacial score (nSPS) is 17.1.